The van der Waals surface area contributed by atoms with Crippen molar-refractivity contribution in [2.75, 3.05) is 13.2 Å². The number of hydrogen-bond donors (Lipinski definition) is 1. The van der Waals surface area contributed by atoms with Crippen molar-refractivity contribution in [2.45, 2.75) is 27.7 Å². The summed E-state index contributed by atoms with van der Waals surface area (Å²) in [4.78, 5) is 29.9. The Balaban J connectivity index is 0.000000153. The first-order chi connectivity index (χ1) is 29.3. The molecule has 5 aromatic carbocycles. The zero-order valence-corrected chi connectivity index (χ0v) is 37.0. The van der Waals surface area contributed by atoms with Gasteiger partial charge in [-0.25, -0.2) is 14.8 Å². The van der Waals surface area contributed by atoms with Gasteiger partial charge in [-0.1, -0.05) is 138 Å². The van der Waals surface area contributed by atoms with Gasteiger partial charge < -0.3 is 19.0 Å². The fourth-order valence-corrected chi connectivity index (χ4v) is 12.4. The topological polar surface area (TPSA) is 137 Å². The van der Waals surface area contributed by atoms with E-state index < -0.39 is 13.0 Å². The van der Waals surface area contributed by atoms with E-state index in [2.05, 4.69) is 98.2 Å². The van der Waals surface area contributed by atoms with E-state index in [1.807, 2.05) is 91.0 Å². The maximum absolute atomic E-state index is 11.0. The highest BCUT2D eigenvalue weighted by Gasteiger charge is 2.31. The first-order valence-corrected chi connectivity index (χ1v) is 23.3. The van der Waals surface area contributed by atoms with E-state index in [-0.39, 0.29) is 19.9 Å². The van der Waals surface area contributed by atoms with Gasteiger partial charge >= 0.3 is 5.97 Å². The van der Waals surface area contributed by atoms with Crippen molar-refractivity contribution in [1.29, 1.82) is 0 Å². The zero-order valence-electron chi connectivity index (χ0n) is 31.3. The highest BCUT2D eigenvalue weighted by molar-refractivity contribution is 9.10. The van der Waals surface area contributed by atoms with Crippen LogP contribution in [0.25, 0.3) is 38.4 Å². The van der Waals surface area contributed by atoms with Crippen LogP contribution in [-0.2, 0) is 12.8 Å². The molecule has 0 spiro atoms. The summed E-state index contributed by atoms with van der Waals surface area (Å²) in [6.45, 7) is 8.57. The Kier molecular flexibility index (Phi) is 15.4. The molecule has 3 aromatic heterocycles. The third kappa shape index (κ3) is 9.81. The number of aromatic carboxylic acids is 1. The number of carbonyl (C=O) groups is 1. The van der Waals surface area contributed by atoms with E-state index in [4.69, 9.17) is 25.6 Å². The van der Waals surface area contributed by atoms with Gasteiger partial charge in [0.2, 0.25) is 11.4 Å². The van der Waals surface area contributed by atoms with Gasteiger partial charge in [-0.05, 0) is 36.4 Å². The van der Waals surface area contributed by atoms with Crippen LogP contribution in [0.15, 0.2) is 152 Å². The zero-order chi connectivity index (χ0) is 41.5. The molecular formula is C46H39Br2N6O5PS2. The number of fused-ring (bicyclic) bond motifs is 6. The summed E-state index contributed by atoms with van der Waals surface area (Å²) < 4.78 is 18.6. The second-order valence-corrected chi connectivity index (χ2v) is 19.9. The molecule has 0 radical (unpaired) electrons. The predicted molar refractivity (Wildman–Crippen MR) is 257 cm³/mol. The molecule has 10 rings (SSSR count). The Labute approximate surface area is 384 Å². The number of benzene rings is 5. The summed E-state index contributed by atoms with van der Waals surface area (Å²) >= 11 is 9.65. The van der Waals surface area contributed by atoms with Crippen LogP contribution >= 0.6 is 61.6 Å². The summed E-state index contributed by atoms with van der Waals surface area (Å²) in [5.41, 5.74) is 3.54. The first kappa shape index (κ1) is 45.8. The van der Waals surface area contributed by atoms with E-state index >= 15 is 0 Å². The second-order valence-electron chi connectivity index (χ2n) is 12.9. The van der Waals surface area contributed by atoms with E-state index in [0.29, 0.717) is 25.5 Å². The van der Waals surface area contributed by atoms with Gasteiger partial charge in [0.05, 0.1) is 29.5 Å². The average molecular weight is 1010 g/mol. The number of aromatic nitrogens is 4. The molecule has 16 heteroatoms. The number of nitrogens with zero attached hydrogens (tertiary/aromatic N) is 6. The summed E-state index contributed by atoms with van der Waals surface area (Å²) in [5.74, 6) is 1.07. The third-order valence-electron chi connectivity index (χ3n) is 9.26. The number of thiazole rings is 2. The maximum Gasteiger partial charge on any atom is 0.365 e. The molecule has 5 heterocycles. The minimum atomic E-state index is -2.28. The number of rotatable bonds is 5. The van der Waals surface area contributed by atoms with Gasteiger partial charge in [-0.3, -0.25) is 0 Å². The number of hydrogen-bond acceptors (Lipinski definition) is 11. The van der Waals surface area contributed by atoms with Crippen molar-refractivity contribution < 1.29 is 23.8 Å². The van der Waals surface area contributed by atoms with E-state index in [1.165, 1.54) is 22.6 Å². The Hall–Kier alpha value is -5.75. The highest BCUT2D eigenvalue weighted by atomic mass is 79.9. The van der Waals surface area contributed by atoms with Crippen LogP contribution in [0.1, 0.15) is 34.4 Å². The molecule has 1 N–H and O–H groups in total. The maximum atomic E-state index is 11.0. The van der Waals surface area contributed by atoms with Gasteiger partial charge in [-0.15, -0.1) is 37.8 Å². The van der Waals surface area contributed by atoms with Crippen LogP contribution < -0.4 is 25.4 Å². The standard InChI is InChI=1S/C19H15N2P.C13H8BrN3O2S.C12H8BrNO3S.2CH4/c1-20-21-22(17-11-5-2-6-12-17,18-13-7-3-8-14-18)19-15-9-4-10-16-19;14-7-1-2-8-9(5-7)18-4-3-10-11(8)16-13(20-10)12-17-15-6-19-12;13-6-1-2-7-8(5-6)17-4-3-9-10(7)14-11(18-9)12(15)16;;/h2-16H;1-2,5-6H,3-4H2;1-2,5H,3-4H2,(H,15,16);2*1H4. The molecule has 2 aliphatic heterocycles. The van der Waals surface area contributed by atoms with Crippen molar-refractivity contribution in [3.63, 3.8) is 0 Å². The van der Waals surface area contributed by atoms with Crippen molar-refractivity contribution in [3.8, 4) is 44.9 Å². The molecule has 314 valence electrons. The molecule has 0 amide bonds. The van der Waals surface area contributed by atoms with Crippen LogP contribution in [-0.4, -0.2) is 44.5 Å². The molecule has 0 unspecified atom stereocenters. The van der Waals surface area contributed by atoms with Crippen LogP contribution in [0.4, 0.5) is 0 Å². The lowest BCUT2D eigenvalue weighted by Crippen LogP contribution is -2.24. The first-order valence-electron chi connectivity index (χ1n) is 18.3. The molecule has 0 aliphatic carbocycles. The van der Waals surface area contributed by atoms with Crippen molar-refractivity contribution in [3.05, 3.63) is 169 Å². The minimum Gasteiger partial charge on any atom is -0.492 e. The molecule has 0 fully saturated rings. The van der Waals surface area contributed by atoms with Gasteiger partial charge in [0.1, 0.15) is 18.6 Å². The lowest BCUT2D eigenvalue weighted by molar-refractivity contribution is 0.0696. The molecule has 2 aliphatic rings. The van der Waals surface area contributed by atoms with E-state index in [9.17, 15) is 4.79 Å². The van der Waals surface area contributed by atoms with Gasteiger partial charge in [0.15, 0.2) is 5.01 Å². The third-order valence-corrected chi connectivity index (χ3v) is 15.9. The Morgan fingerprint density at radius 2 is 1.19 bits per heavy atom. The van der Waals surface area contributed by atoms with E-state index in [1.54, 1.807) is 11.3 Å². The summed E-state index contributed by atoms with van der Waals surface area (Å²) in [6, 6.07) is 42.1. The van der Waals surface area contributed by atoms with Crippen molar-refractivity contribution in [1.82, 2.24) is 20.2 Å². The summed E-state index contributed by atoms with van der Waals surface area (Å²) in [6.07, 6.45) is 2.83. The highest BCUT2D eigenvalue weighted by Crippen LogP contribution is 2.47. The summed E-state index contributed by atoms with van der Waals surface area (Å²) in [5, 5.41) is 20.8. The minimum absolute atomic E-state index is 0. The Bertz CT molecular complexity index is 2770. The average Bonchev–Trinajstić information content (AvgIpc) is 4.02. The number of carboxylic acids is 1. The Morgan fingerprint density at radius 3 is 1.65 bits per heavy atom. The van der Waals surface area contributed by atoms with Crippen LogP contribution in [0.3, 0.4) is 0 Å². The largest absolute Gasteiger partial charge is 0.492 e. The Morgan fingerprint density at radius 1 is 0.710 bits per heavy atom. The molecule has 0 saturated heterocycles. The van der Waals surface area contributed by atoms with Crippen LogP contribution in [0.5, 0.6) is 11.5 Å². The van der Waals surface area contributed by atoms with Gasteiger partial charge in [-0.2, -0.15) is 6.57 Å². The van der Waals surface area contributed by atoms with Crippen molar-refractivity contribution in [2.24, 2.45) is 4.85 Å². The number of carboxylic acid groups (broad SMARTS) is 1. The number of ether oxygens (including phenoxy) is 2. The molecule has 62 heavy (non-hydrogen) atoms. The van der Waals surface area contributed by atoms with Gasteiger partial charge in [0, 0.05) is 58.6 Å². The van der Waals surface area contributed by atoms with Crippen molar-refractivity contribution >= 4 is 83.5 Å². The fourth-order valence-electron chi connectivity index (χ4n) is 6.64. The number of halogens is 2. The summed E-state index contributed by atoms with van der Waals surface area (Å²) in [7, 11) is -2.28. The lowest BCUT2D eigenvalue weighted by Gasteiger charge is -2.21. The van der Waals surface area contributed by atoms with Gasteiger partial charge in [0.25, 0.3) is 5.89 Å². The second kappa shape index (κ2) is 20.9. The smallest absolute Gasteiger partial charge is 0.365 e. The molecule has 8 aromatic rings. The molecule has 11 nitrogen and oxygen atoms in total. The van der Waals surface area contributed by atoms with Crippen LogP contribution in [0.2, 0.25) is 0 Å². The monoisotopic (exact) mass is 1010 g/mol. The quantitative estimate of drug-likeness (QED) is 0.101. The molecule has 0 bridgehead atoms. The normalized spacial score (nSPS) is 11.9. The molecular weight excluding hydrogens is 971 g/mol. The van der Waals surface area contributed by atoms with E-state index in [0.717, 1.165) is 75.2 Å². The molecule has 0 saturated carbocycles. The SMILES string of the molecule is Brc1ccc2c(c1)OCCc1sc(-c3nnco3)nc1-2.C.C.O=C(O)c1nc2c(s1)CCOc1cc(Br)ccc1-2.[C-]#[N+]N=P(c1ccccc1)(c1ccccc1)c1ccccc1. The van der Waals surface area contributed by atoms with Crippen LogP contribution in [0, 0.1) is 6.57 Å². The lowest BCUT2D eigenvalue weighted by atomic mass is 10.1. The molecule has 0 atom stereocenters. The predicted octanol–water partition coefficient (Wildman–Crippen LogP) is 12.0. The fraction of sp³-hybridized carbons (Fsp3) is 0.130.